The Morgan fingerprint density at radius 1 is 0.758 bits per heavy atom. The number of likely N-dealkylation sites (N-methyl/N-ethyl adjacent to an activating group) is 1. The number of nitrogens with one attached hydrogen (secondary N) is 2. The van der Waals surface area contributed by atoms with Crippen LogP contribution in [0.5, 0.6) is 0 Å². The van der Waals surface area contributed by atoms with Crippen molar-refractivity contribution in [2.45, 2.75) is 4.90 Å². The van der Waals surface area contributed by atoms with Crippen LogP contribution in [0.4, 0.5) is 0 Å². The average Bonchev–Trinajstić information content (AvgIpc) is 3.33. The Morgan fingerprint density at radius 2 is 1.21 bits per heavy atom. The van der Waals surface area contributed by atoms with E-state index in [9.17, 15) is 18.0 Å². The first-order valence-electron chi connectivity index (χ1n) is 10.4. The average molecular weight is 529 g/mol. The van der Waals surface area contributed by atoms with Crippen LogP contribution in [0.3, 0.4) is 0 Å². The standard InChI is InChI=1S/C23H21BrN4O4S/c1-27-10-12-28(13-11-27)33(31,32)17-8-4-15(5-9-17)21-19-18(22(29)26-21)20(25-23(19)30)14-2-6-16(24)7-3-14/h2-9H,10-13H2,1H3,(H,25,30)(H,26,29). The highest BCUT2D eigenvalue weighted by Gasteiger charge is 2.41. The van der Waals surface area contributed by atoms with Gasteiger partial charge in [0.2, 0.25) is 10.0 Å². The van der Waals surface area contributed by atoms with Crippen molar-refractivity contribution in [2.24, 2.45) is 0 Å². The third-order valence-corrected chi connectivity index (χ3v) is 8.50. The summed E-state index contributed by atoms with van der Waals surface area (Å²) in [4.78, 5) is 27.8. The van der Waals surface area contributed by atoms with Gasteiger partial charge in [-0.25, -0.2) is 8.42 Å². The van der Waals surface area contributed by atoms with Crippen LogP contribution in [0, 0.1) is 0 Å². The second kappa shape index (κ2) is 8.21. The van der Waals surface area contributed by atoms with E-state index in [1.54, 1.807) is 12.1 Å². The van der Waals surface area contributed by atoms with Crippen molar-refractivity contribution in [3.05, 3.63) is 75.3 Å². The number of hydrogen-bond acceptors (Lipinski definition) is 5. The monoisotopic (exact) mass is 528 g/mol. The molecule has 170 valence electrons. The normalized spacial score (nSPS) is 19.7. The van der Waals surface area contributed by atoms with E-state index < -0.39 is 10.0 Å². The molecule has 2 N–H and O–H groups in total. The van der Waals surface area contributed by atoms with E-state index in [1.807, 2.05) is 31.3 Å². The van der Waals surface area contributed by atoms with Crippen molar-refractivity contribution in [2.75, 3.05) is 33.2 Å². The van der Waals surface area contributed by atoms with Crippen molar-refractivity contribution in [3.8, 4) is 0 Å². The highest BCUT2D eigenvalue weighted by Crippen LogP contribution is 2.37. The minimum atomic E-state index is -3.60. The van der Waals surface area contributed by atoms with Crippen LogP contribution in [0.1, 0.15) is 11.1 Å². The number of sulfonamides is 1. The molecule has 1 saturated heterocycles. The number of carbonyl (C=O) groups excluding carboxylic acids is 2. The minimum absolute atomic E-state index is 0.188. The van der Waals surface area contributed by atoms with Gasteiger partial charge >= 0.3 is 0 Å². The molecule has 0 aromatic heterocycles. The van der Waals surface area contributed by atoms with E-state index >= 15 is 0 Å². The molecule has 0 bridgehead atoms. The van der Waals surface area contributed by atoms with Crippen LogP contribution < -0.4 is 10.6 Å². The zero-order chi connectivity index (χ0) is 23.3. The predicted octanol–water partition coefficient (Wildman–Crippen LogP) is 1.77. The Balaban J connectivity index is 1.49. The van der Waals surface area contributed by atoms with Gasteiger partial charge in [0, 0.05) is 30.7 Å². The van der Waals surface area contributed by atoms with Crippen LogP contribution in [0.15, 0.2) is 69.0 Å². The van der Waals surface area contributed by atoms with Gasteiger partial charge < -0.3 is 15.5 Å². The molecule has 0 unspecified atom stereocenters. The van der Waals surface area contributed by atoms with E-state index in [1.165, 1.54) is 16.4 Å². The lowest BCUT2D eigenvalue weighted by Crippen LogP contribution is -2.46. The van der Waals surface area contributed by atoms with Crippen molar-refractivity contribution in [3.63, 3.8) is 0 Å². The van der Waals surface area contributed by atoms with Gasteiger partial charge in [-0.2, -0.15) is 4.31 Å². The molecule has 10 heteroatoms. The molecule has 3 aliphatic heterocycles. The fraction of sp³-hybridized carbons (Fsp3) is 0.217. The fourth-order valence-corrected chi connectivity index (χ4v) is 5.89. The summed E-state index contributed by atoms with van der Waals surface area (Å²) >= 11 is 3.38. The predicted molar refractivity (Wildman–Crippen MR) is 127 cm³/mol. The van der Waals surface area contributed by atoms with Crippen LogP contribution in [-0.2, 0) is 19.6 Å². The van der Waals surface area contributed by atoms with Crippen molar-refractivity contribution in [1.29, 1.82) is 0 Å². The van der Waals surface area contributed by atoms with E-state index in [0.29, 0.717) is 48.7 Å². The van der Waals surface area contributed by atoms with Gasteiger partial charge in [-0.15, -0.1) is 0 Å². The van der Waals surface area contributed by atoms with Gasteiger partial charge in [0.1, 0.15) is 0 Å². The van der Waals surface area contributed by atoms with Gasteiger partial charge in [-0.1, -0.05) is 40.2 Å². The molecular weight excluding hydrogens is 508 g/mol. The lowest BCUT2D eigenvalue weighted by Gasteiger charge is -2.31. The van der Waals surface area contributed by atoms with Gasteiger partial charge in [0.15, 0.2) is 0 Å². The molecule has 2 aromatic carbocycles. The number of rotatable bonds is 4. The zero-order valence-corrected chi connectivity index (χ0v) is 20.2. The molecule has 0 aliphatic carbocycles. The summed E-state index contributed by atoms with van der Waals surface area (Å²) < 4.78 is 28.3. The molecule has 0 spiro atoms. The maximum absolute atomic E-state index is 13.0. The maximum atomic E-state index is 13.0. The summed E-state index contributed by atoms with van der Waals surface area (Å²) in [5.74, 6) is -0.740. The smallest absolute Gasteiger partial charge is 0.258 e. The first-order chi connectivity index (χ1) is 15.8. The van der Waals surface area contributed by atoms with Crippen LogP contribution >= 0.6 is 15.9 Å². The minimum Gasteiger partial charge on any atom is -0.321 e. The summed E-state index contributed by atoms with van der Waals surface area (Å²) in [6.07, 6.45) is 0. The van der Waals surface area contributed by atoms with Crippen molar-refractivity contribution >= 4 is 49.2 Å². The molecule has 1 fully saturated rings. The Hall–Kier alpha value is -2.79. The van der Waals surface area contributed by atoms with Gasteiger partial charge in [0.25, 0.3) is 11.8 Å². The molecule has 5 rings (SSSR count). The largest absolute Gasteiger partial charge is 0.321 e. The number of benzene rings is 2. The number of fused-ring (bicyclic) bond motifs is 1. The number of amides is 2. The molecule has 0 atom stereocenters. The highest BCUT2D eigenvalue weighted by atomic mass is 79.9. The van der Waals surface area contributed by atoms with Crippen molar-refractivity contribution < 1.29 is 18.0 Å². The van der Waals surface area contributed by atoms with E-state index in [4.69, 9.17) is 0 Å². The molecule has 0 radical (unpaired) electrons. The number of nitrogens with zero attached hydrogens (tertiary/aromatic N) is 2. The number of piperazine rings is 1. The Labute approximate surface area is 200 Å². The second-order valence-corrected chi connectivity index (χ2v) is 11.0. The topological polar surface area (TPSA) is 98.8 Å². The third kappa shape index (κ3) is 3.82. The molecule has 33 heavy (non-hydrogen) atoms. The maximum Gasteiger partial charge on any atom is 0.258 e. The molecular formula is C23H21BrN4O4S. The van der Waals surface area contributed by atoms with E-state index in [2.05, 4.69) is 31.5 Å². The molecule has 2 aromatic rings. The zero-order valence-electron chi connectivity index (χ0n) is 17.8. The van der Waals surface area contributed by atoms with E-state index in [0.717, 1.165) is 10.0 Å². The first kappa shape index (κ1) is 22.0. The van der Waals surface area contributed by atoms with Gasteiger partial charge in [0.05, 0.1) is 27.4 Å². The van der Waals surface area contributed by atoms with E-state index in [-0.39, 0.29) is 22.3 Å². The summed E-state index contributed by atoms with van der Waals surface area (Å²) in [6.45, 7) is 2.26. The number of carbonyl (C=O) groups is 2. The lowest BCUT2D eigenvalue weighted by molar-refractivity contribution is -0.117. The third-order valence-electron chi connectivity index (χ3n) is 6.06. The molecule has 2 amide bonds. The summed E-state index contributed by atoms with van der Waals surface area (Å²) in [5.41, 5.74) is 2.70. The molecule has 3 heterocycles. The summed E-state index contributed by atoms with van der Waals surface area (Å²) in [6, 6.07) is 13.6. The number of hydrogen-bond donors (Lipinski definition) is 2. The second-order valence-electron chi connectivity index (χ2n) is 8.15. The van der Waals surface area contributed by atoms with Crippen LogP contribution in [0.25, 0.3) is 11.4 Å². The lowest BCUT2D eigenvalue weighted by atomic mass is 10.0. The first-order valence-corrected chi connectivity index (χ1v) is 12.7. The quantitative estimate of drug-likeness (QED) is 0.630. The van der Waals surface area contributed by atoms with Crippen LogP contribution in [-0.4, -0.2) is 62.7 Å². The Bertz CT molecular complexity index is 1320. The molecule has 8 nitrogen and oxygen atoms in total. The van der Waals surface area contributed by atoms with Gasteiger partial charge in [-0.05, 0) is 42.4 Å². The Morgan fingerprint density at radius 3 is 1.70 bits per heavy atom. The molecule has 3 aliphatic rings. The SMILES string of the molecule is CN1CCN(S(=O)(=O)c2ccc(C3=C4C(=O)NC(c5ccc(Br)cc5)=C4C(=O)N3)cc2)CC1. The summed E-state index contributed by atoms with van der Waals surface area (Å²) in [7, 11) is -1.64. The Kier molecular flexibility index (Phi) is 5.48. The van der Waals surface area contributed by atoms with Crippen LogP contribution in [0.2, 0.25) is 0 Å². The highest BCUT2D eigenvalue weighted by molar-refractivity contribution is 9.10. The number of halogens is 1. The van der Waals surface area contributed by atoms with Gasteiger partial charge in [-0.3, -0.25) is 9.59 Å². The van der Waals surface area contributed by atoms with Crippen molar-refractivity contribution in [1.82, 2.24) is 19.8 Å². The molecule has 0 saturated carbocycles. The fourth-order valence-electron chi connectivity index (χ4n) is 4.20. The summed E-state index contributed by atoms with van der Waals surface area (Å²) in [5, 5.41) is 5.59.